The smallest absolute Gasteiger partial charge is 0.253 e. The van der Waals surface area contributed by atoms with E-state index in [-0.39, 0.29) is 22.5 Å². The van der Waals surface area contributed by atoms with E-state index < -0.39 is 5.91 Å². The van der Waals surface area contributed by atoms with Crippen LogP contribution in [0.4, 0.5) is 5.82 Å². The number of carbonyl (C=O) groups excluding carboxylic acids is 1. The van der Waals surface area contributed by atoms with Crippen LogP contribution in [0.1, 0.15) is 46.3 Å². The number of phenolic OH excluding ortho intramolecular Hbond substituents is 1. The largest absolute Gasteiger partial charge is 0.508 e. The number of amides is 1. The number of fused-ring (bicyclic) bond motifs is 1. The Bertz CT molecular complexity index is 1240. The van der Waals surface area contributed by atoms with Crippen molar-refractivity contribution in [3.63, 3.8) is 0 Å². The number of aromatic nitrogens is 2. The molecule has 1 saturated carbocycles. The summed E-state index contributed by atoms with van der Waals surface area (Å²) >= 11 is 0. The fourth-order valence-electron chi connectivity index (χ4n) is 5.02. The summed E-state index contributed by atoms with van der Waals surface area (Å²) in [6.45, 7) is 7.17. The maximum atomic E-state index is 12.3. The minimum absolute atomic E-state index is 0.129. The van der Waals surface area contributed by atoms with E-state index in [9.17, 15) is 9.90 Å². The maximum Gasteiger partial charge on any atom is 0.253 e. The molecule has 33 heavy (non-hydrogen) atoms. The number of nitrogen functional groups attached to an aromatic ring is 1. The summed E-state index contributed by atoms with van der Waals surface area (Å²) in [5, 5.41) is 10.9. The van der Waals surface area contributed by atoms with E-state index in [4.69, 9.17) is 21.2 Å². The Balaban J connectivity index is 1.87. The first-order valence-corrected chi connectivity index (χ1v) is 11.2. The van der Waals surface area contributed by atoms with E-state index in [2.05, 4.69) is 19.0 Å². The number of aromatic hydroxyl groups is 1. The van der Waals surface area contributed by atoms with Crippen LogP contribution in [-0.4, -0.2) is 52.7 Å². The third kappa shape index (κ3) is 3.88. The third-order valence-corrected chi connectivity index (χ3v) is 6.78. The quantitative estimate of drug-likeness (QED) is 0.506. The molecule has 176 valence electrons. The van der Waals surface area contributed by atoms with Crippen molar-refractivity contribution in [1.29, 1.82) is 0 Å². The molecule has 1 amide bonds. The maximum absolute atomic E-state index is 12.3. The van der Waals surface area contributed by atoms with Gasteiger partial charge in [0, 0.05) is 28.5 Å². The molecule has 0 saturated heterocycles. The van der Waals surface area contributed by atoms with Crippen LogP contribution >= 0.6 is 0 Å². The van der Waals surface area contributed by atoms with Gasteiger partial charge in [0.2, 0.25) is 5.88 Å². The zero-order chi connectivity index (χ0) is 24.1. The summed E-state index contributed by atoms with van der Waals surface area (Å²) < 4.78 is 7.98. The molecule has 0 bridgehead atoms. The van der Waals surface area contributed by atoms with E-state index in [1.165, 1.54) is 6.42 Å². The Labute approximate surface area is 194 Å². The number of nitrogens with two attached hydrogens (primary N) is 2. The first kappa shape index (κ1) is 22.9. The van der Waals surface area contributed by atoms with Crippen molar-refractivity contribution in [2.75, 3.05) is 33.0 Å². The number of ether oxygens (including phenoxy) is 1. The lowest BCUT2D eigenvalue weighted by Gasteiger charge is -2.43. The standard InChI is InChI=1S/C25H33N5O3/c1-14-7-8-18(31)16(3)20(14)30-21(26)19(22(27)32)17-11-15(2)24(28-23(17)30)33-13-25(9-6-10-25)12-29(4)5/h7-8,11,31H,6,9-10,12-13,26H2,1-5H3,(H2,27,32). The van der Waals surface area contributed by atoms with E-state index >= 15 is 0 Å². The van der Waals surface area contributed by atoms with E-state index in [0.717, 1.165) is 30.5 Å². The number of carbonyl (C=O) groups is 1. The number of nitrogens with zero attached hydrogens (tertiary/aromatic N) is 3. The van der Waals surface area contributed by atoms with Crippen molar-refractivity contribution in [1.82, 2.24) is 14.5 Å². The molecule has 2 aromatic heterocycles. The average Bonchev–Trinajstić information content (AvgIpc) is 2.98. The Kier molecular flexibility index (Phi) is 5.74. The van der Waals surface area contributed by atoms with Gasteiger partial charge >= 0.3 is 0 Å². The number of aryl methyl sites for hydroxylation is 2. The van der Waals surface area contributed by atoms with Gasteiger partial charge in [0.1, 0.15) is 11.6 Å². The zero-order valence-corrected chi connectivity index (χ0v) is 20.0. The summed E-state index contributed by atoms with van der Waals surface area (Å²) in [5.41, 5.74) is 16.0. The fourth-order valence-corrected chi connectivity index (χ4v) is 5.02. The van der Waals surface area contributed by atoms with Gasteiger partial charge in [-0.3, -0.25) is 9.36 Å². The van der Waals surface area contributed by atoms with Gasteiger partial charge in [-0.25, -0.2) is 0 Å². The third-order valence-electron chi connectivity index (χ3n) is 6.78. The predicted octanol–water partition coefficient (Wildman–Crippen LogP) is 3.45. The number of rotatable bonds is 7. The van der Waals surface area contributed by atoms with Crippen molar-refractivity contribution in [2.24, 2.45) is 11.1 Å². The second-order valence-corrected chi connectivity index (χ2v) is 9.70. The molecule has 0 aliphatic heterocycles. The molecule has 5 N–H and O–H groups in total. The van der Waals surface area contributed by atoms with Crippen molar-refractivity contribution in [3.8, 4) is 17.3 Å². The molecule has 0 radical (unpaired) electrons. The number of benzene rings is 1. The van der Waals surface area contributed by atoms with Crippen LogP contribution < -0.4 is 16.2 Å². The Morgan fingerprint density at radius 3 is 2.52 bits per heavy atom. The van der Waals surface area contributed by atoms with Gasteiger partial charge in [0.15, 0.2) is 5.65 Å². The van der Waals surface area contributed by atoms with Gasteiger partial charge in [-0.15, -0.1) is 0 Å². The second kappa shape index (κ2) is 8.26. The van der Waals surface area contributed by atoms with Gasteiger partial charge in [-0.2, -0.15) is 4.98 Å². The van der Waals surface area contributed by atoms with Gasteiger partial charge in [-0.05, 0) is 65.4 Å². The minimum Gasteiger partial charge on any atom is -0.508 e. The molecule has 8 heteroatoms. The van der Waals surface area contributed by atoms with E-state index in [1.807, 2.05) is 19.9 Å². The van der Waals surface area contributed by atoms with Crippen LogP contribution in [-0.2, 0) is 0 Å². The Morgan fingerprint density at radius 1 is 1.24 bits per heavy atom. The molecule has 1 aliphatic rings. The molecule has 3 aromatic rings. The number of hydrogen-bond acceptors (Lipinski definition) is 6. The Morgan fingerprint density at radius 2 is 1.94 bits per heavy atom. The van der Waals surface area contributed by atoms with Gasteiger partial charge in [0.05, 0.1) is 17.9 Å². The van der Waals surface area contributed by atoms with Crippen molar-refractivity contribution in [3.05, 3.63) is 40.5 Å². The minimum atomic E-state index is -0.624. The lowest BCUT2D eigenvalue weighted by molar-refractivity contribution is 0.0295. The number of hydrogen-bond donors (Lipinski definition) is 3. The van der Waals surface area contributed by atoms with Crippen LogP contribution in [0.3, 0.4) is 0 Å². The molecule has 1 aromatic carbocycles. The highest BCUT2D eigenvalue weighted by Crippen LogP contribution is 2.42. The van der Waals surface area contributed by atoms with E-state index in [0.29, 0.717) is 34.8 Å². The highest BCUT2D eigenvalue weighted by Gasteiger charge is 2.38. The number of phenols is 1. The van der Waals surface area contributed by atoms with Crippen LogP contribution in [0, 0.1) is 26.2 Å². The van der Waals surface area contributed by atoms with Crippen molar-refractivity contribution >= 4 is 22.8 Å². The van der Waals surface area contributed by atoms with Crippen LogP contribution in [0.5, 0.6) is 11.6 Å². The molecule has 8 nitrogen and oxygen atoms in total. The summed E-state index contributed by atoms with van der Waals surface area (Å²) in [7, 11) is 4.16. The molecule has 4 rings (SSSR count). The average molecular weight is 452 g/mol. The molecule has 2 heterocycles. The molecular formula is C25H33N5O3. The number of pyridine rings is 1. The van der Waals surface area contributed by atoms with Gasteiger partial charge < -0.3 is 26.2 Å². The molecule has 0 atom stereocenters. The highest BCUT2D eigenvalue weighted by molar-refractivity contribution is 6.11. The first-order chi connectivity index (χ1) is 15.5. The summed E-state index contributed by atoms with van der Waals surface area (Å²) in [5.74, 6) is 0.219. The fraction of sp³-hybridized carbons (Fsp3) is 0.440. The zero-order valence-electron chi connectivity index (χ0n) is 20.0. The highest BCUT2D eigenvalue weighted by atomic mass is 16.5. The van der Waals surface area contributed by atoms with Gasteiger partial charge in [-0.1, -0.05) is 12.5 Å². The number of primary amides is 1. The monoisotopic (exact) mass is 451 g/mol. The molecule has 0 unspecified atom stereocenters. The summed E-state index contributed by atoms with van der Waals surface area (Å²) in [4.78, 5) is 19.4. The SMILES string of the molecule is Cc1cc2c(C(N)=O)c(N)n(-c3c(C)ccc(O)c3C)c2nc1OCC1(CN(C)C)CCC1. The van der Waals surface area contributed by atoms with E-state index in [1.54, 1.807) is 23.6 Å². The van der Waals surface area contributed by atoms with Crippen molar-refractivity contribution < 1.29 is 14.6 Å². The van der Waals surface area contributed by atoms with Crippen LogP contribution in [0.15, 0.2) is 18.2 Å². The second-order valence-electron chi connectivity index (χ2n) is 9.70. The molecule has 1 fully saturated rings. The molecule has 0 spiro atoms. The van der Waals surface area contributed by atoms with Gasteiger partial charge in [0.25, 0.3) is 5.91 Å². The lowest BCUT2D eigenvalue weighted by Crippen LogP contribution is -2.44. The molecular weight excluding hydrogens is 418 g/mol. The predicted molar refractivity (Wildman–Crippen MR) is 130 cm³/mol. The summed E-state index contributed by atoms with van der Waals surface area (Å²) in [6.07, 6.45) is 3.46. The number of anilines is 1. The topological polar surface area (TPSA) is 120 Å². The first-order valence-electron chi connectivity index (χ1n) is 11.2. The lowest BCUT2D eigenvalue weighted by atomic mass is 9.69. The van der Waals surface area contributed by atoms with Crippen molar-refractivity contribution in [2.45, 2.75) is 40.0 Å². The Hall–Kier alpha value is -3.26. The summed E-state index contributed by atoms with van der Waals surface area (Å²) in [6, 6.07) is 5.30. The van der Waals surface area contributed by atoms with Crippen LogP contribution in [0.2, 0.25) is 0 Å². The normalized spacial score (nSPS) is 15.1. The van der Waals surface area contributed by atoms with Crippen LogP contribution in [0.25, 0.3) is 16.7 Å². The molecule has 1 aliphatic carbocycles.